The number of fused-ring (bicyclic) bond motifs is 1. The van der Waals surface area contributed by atoms with Gasteiger partial charge >= 0.3 is 0 Å². The van der Waals surface area contributed by atoms with Gasteiger partial charge in [-0.2, -0.15) is 0 Å². The summed E-state index contributed by atoms with van der Waals surface area (Å²) in [5, 5.41) is 9.99. The van der Waals surface area contributed by atoms with Gasteiger partial charge in [0.2, 0.25) is 0 Å². The molecule has 0 aliphatic carbocycles. The van der Waals surface area contributed by atoms with Crippen molar-refractivity contribution in [1.82, 2.24) is 9.55 Å². The number of rotatable bonds is 8. The van der Waals surface area contributed by atoms with Crippen molar-refractivity contribution in [3.8, 4) is 5.75 Å². The van der Waals surface area contributed by atoms with E-state index in [2.05, 4.69) is 34.7 Å². The van der Waals surface area contributed by atoms with Crippen LogP contribution in [-0.4, -0.2) is 21.3 Å². The van der Waals surface area contributed by atoms with Gasteiger partial charge in [0, 0.05) is 6.54 Å². The molecule has 1 aromatic heterocycles. The SMILES string of the molecule is CCc1ccc(OCCCCn2c(C(C)O)nc3ccccc32)cc1. The van der Waals surface area contributed by atoms with E-state index in [9.17, 15) is 5.11 Å². The van der Waals surface area contributed by atoms with Crippen molar-refractivity contribution in [3.05, 3.63) is 59.9 Å². The number of hydrogen-bond acceptors (Lipinski definition) is 3. The number of aryl methyl sites for hydroxylation is 2. The van der Waals surface area contributed by atoms with E-state index in [0.717, 1.165) is 48.4 Å². The maximum Gasteiger partial charge on any atom is 0.138 e. The molecule has 0 aliphatic heterocycles. The predicted molar refractivity (Wildman–Crippen MR) is 101 cm³/mol. The maximum atomic E-state index is 9.99. The number of aliphatic hydroxyl groups is 1. The molecule has 0 saturated heterocycles. The second-order valence-electron chi connectivity index (χ2n) is 6.34. The fourth-order valence-electron chi connectivity index (χ4n) is 3.03. The summed E-state index contributed by atoms with van der Waals surface area (Å²) in [6.07, 6.45) is 2.42. The number of unbranched alkanes of at least 4 members (excludes halogenated alkanes) is 1. The Morgan fingerprint density at radius 2 is 1.84 bits per heavy atom. The third-order valence-corrected chi connectivity index (χ3v) is 4.43. The Bertz CT molecular complexity index is 806. The Morgan fingerprint density at radius 1 is 1.08 bits per heavy atom. The normalized spacial score (nSPS) is 12.4. The molecule has 0 saturated carbocycles. The number of nitrogens with zero attached hydrogens (tertiary/aromatic N) is 2. The molecule has 4 heteroatoms. The summed E-state index contributed by atoms with van der Waals surface area (Å²) in [6, 6.07) is 16.3. The summed E-state index contributed by atoms with van der Waals surface area (Å²) >= 11 is 0. The standard InChI is InChI=1S/C21H26N2O2/c1-3-17-10-12-18(13-11-17)25-15-7-6-14-23-20-9-5-4-8-19(20)22-21(23)16(2)24/h4-5,8-13,16,24H,3,6-7,14-15H2,1-2H3. The van der Waals surface area contributed by atoms with Crippen LogP contribution in [0, 0.1) is 0 Å². The van der Waals surface area contributed by atoms with E-state index in [1.165, 1.54) is 5.56 Å². The lowest BCUT2D eigenvalue weighted by atomic mass is 10.2. The fourth-order valence-corrected chi connectivity index (χ4v) is 3.03. The molecule has 2 aromatic carbocycles. The number of benzene rings is 2. The van der Waals surface area contributed by atoms with Gasteiger partial charge in [0.25, 0.3) is 0 Å². The van der Waals surface area contributed by atoms with Crippen LogP contribution in [0.3, 0.4) is 0 Å². The molecule has 1 heterocycles. The molecule has 1 atom stereocenters. The van der Waals surface area contributed by atoms with Crippen LogP contribution in [0.5, 0.6) is 5.75 Å². The average molecular weight is 338 g/mol. The largest absolute Gasteiger partial charge is 0.494 e. The minimum Gasteiger partial charge on any atom is -0.494 e. The molecule has 25 heavy (non-hydrogen) atoms. The number of para-hydroxylation sites is 2. The van der Waals surface area contributed by atoms with Crippen LogP contribution in [0.1, 0.15) is 44.2 Å². The summed E-state index contributed by atoms with van der Waals surface area (Å²) in [5.74, 6) is 1.66. The zero-order valence-electron chi connectivity index (χ0n) is 15.0. The number of aromatic nitrogens is 2. The zero-order chi connectivity index (χ0) is 17.6. The molecule has 0 spiro atoms. The molecule has 0 aliphatic rings. The minimum atomic E-state index is -0.569. The molecule has 3 rings (SSSR count). The van der Waals surface area contributed by atoms with E-state index in [1.807, 2.05) is 30.3 Å². The Balaban J connectivity index is 1.55. The lowest BCUT2D eigenvalue weighted by Crippen LogP contribution is -2.08. The first-order chi connectivity index (χ1) is 12.2. The van der Waals surface area contributed by atoms with Crippen LogP contribution < -0.4 is 4.74 Å². The van der Waals surface area contributed by atoms with Gasteiger partial charge in [-0.3, -0.25) is 0 Å². The monoisotopic (exact) mass is 338 g/mol. The van der Waals surface area contributed by atoms with Crippen LogP contribution in [0.2, 0.25) is 0 Å². The molecule has 3 aromatic rings. The summed E-state index contributed by atoms with van der Waals surface area (Å²) in [4.78, 5) is 4.56. The number of aliphatic hydroxyl groups excluding tert-OH is 1. The van der Waals surface area contributed by atoms with Gasteiger partial charge in [-0.15, -0.1) is 0 Å². The Morgan fingerprint density at radius 3 is 2.56 bits per heavy atom. The van der Waals surface area contributed by atoms with Crippen molar-refractivity contribution in [1.29, 1.82) is 0 Å². The van der Waals surface area contributed by atoms with Gasteiger partial charge in [0.1, 0.15) is 17.7 Å². The zero-order valence-corrected chi connectivity index (χ0v) is 15.0. The fraction of sp³-hybridized carbons (Fsp3) is 0.381. The highest BCUT2D eigenvalue weighted by Crippen LogP contribution is 2.21. The molecule has 0 amide bonds. The van der Waals surface area contributed by atoms with E-state index in [0.29, 0.717) is 6.61 Å². The van der Waals surface area contributed by atoms with Crippen LogP contribution in [-0.2, 0) is 13.0 Å². The van der Waals surface area contributed by atoms with Gasteiger partial charge in [-0.25, -0.2) is 4.98 Å². The second-order valence-corrected chi connectivity index (χ2v) is 6.34. The van der Waals surface area contributed by atoms with E-state index in [1.54, 1.807) is 6.92 Å². The molecule has 4 nitrogen and oxygen atoms in total. The molecule has 1 unspecified atom stereocenters. The highest BCUT2D eigenvalue weighted by atomic mass is 16.5. The minimum absolute atomic E-state index is 0.569. The summed E-state index contributed by atoms with van der Waals surface area (Å²) in [5.41, 5.74) is 3.34. The number of hydrogen-bond donors (Lipinski definition) is 1. The summed E-state index contributed by atoms with van der Waals surface area (Å²) in [6.45, 7) is 5.44. The first kappa shape index (κ1) is 17.5. The topological polar surface area (TPSA) is 47.3 Å². The van der Waals surface area contributed by atoms with E-state index in [4.69, 9.17) is 4.74 Å². The summed E-state index contributed by atoms with van der Waals surface area (Å²) in [7, 11) is 0. The quantitative estimate of drug-likeness (QED) is 0.615. The average Bonchev–Trinajstić information content (AvgIpc) is 3.01. The molecule has 0 fully saturated rings. The van der Waals surface area contributed by atoms with Crippen molar-refractivity contribution in [3.63, 3.8) is 0 Å². The predicted octanol–water partition coefficient (Wildman–Crippen LogP) is 4.51. The van der Waals surface area contributed by atoms with Crippen molar-refractivity contribution < 1.29 is 9.84 Å². The smallest absolute Gasteiger partial charge is 0.138 e. The molecule has 0 bridgehead atoms. The number of ether oxygens (including phenoxy) is 1. The van der Waals surface area contributed by atoms with Gasteiger partial charge in [-0.05, 0) is 56.0 Å². The van der Waals surface area contributed by atoms with Crippen molar-refractivity contribution in [2.75, 3.05) is 6.61 Å². The third kappa shape index (κ3) is 4.20. The number of imidazole rings is 1. The third-order valence-electron chi connectivity index (χ3n) is 4.43. The lowest BCUT2D eigenvalue weighted by Gasteiger charge is -2.11. The van der Waals surface area contributed by atoms with Crippen molar-refractivity contribution in [2.45, 2.75) is 45.8 Å². The van der Waals surface area contributed by atoms with E-state index < -0.39 is 6.10 Å². The van der Waals surface area contributed by atoms with Crippen LogP contribution in [0.25, 0.3) is 11.0 Å². The van der Waals surface area contributed by atoms with Gasteiger partial charge in [0.15, 0.2) is 0 Å². The van der Waals surface area contributed by atoms with E-state index in [-0.39, 0.29) is 0 Å². The van der Waals surface area contributed by atoms with Gasteiger partial charge < -0.3 is 14.4 Å². The molecular formula is C21H26N2O2. The lowest BCUT2D eigenvalue weighted by molar-refractivity contribution is 0.184. The van der Waals surface area contributed by atoms with Crippen LogP contribution in [0.4, 0.5) is 0 Å². The Labute approximate surface area is 149 Å². The highest BCUT2D eigenvalue weighted by molar-refractivity contribution is 5.75. The highest BCUT2D eigenvalue weighted by Gasteiger charge is 2.13. The first-order valence-corrected chi connectivity index (χ1v) is 9.04. The molecule has 1 N–H and O–H groups in total. The first-order valence-electron chi connectivity index (χ1n) is 9.04. The Hall–Kier alpha value is -2.33. The molecule has 132 valence electrons. The van der Waals surface area contributed by atoms with Crippen molar-refractivity contribution in [2.24, 2.45) is 0 Å². The van der Waals surface area contributed by atoms with Crippen LogP contribution >= 0.6 is 0 Å². The molecule has 0 radical (unpaired) electrons. The van der Waals surface area contributed by atoms with Gasteiger partial charge in [-0.1, -0.05) is 31.2 Å². The second kappa shape index (κ2) is 8.17. The van der Waals surface area contributed by atoms with Crippen LogP contribution in [0.15, 0.2) is 48.5 Å². The summed E-state index contributed by atoms with van der Waals surface area (Å²) < 4.78 is 7.94. The Kier molecular flexibility index (Phi) is 5.71. The van der Waals surface area contributed by atoms with Crippen molar-refractivity contribution >= 4 is 11.0 Å². The van der Waals surface area contributed by atoms with E-state index >= 15 is 0 Å². The molecular weight excluding hydrogens is 312 g/mol. The van der Waals surface area contributed by atoms with Gasteiger partial charge in [0.05, 0.1) is 17.6 Å². The maximum absolute atomic E-state index is 9.99.